The number of H-pyrrole nitrogens is 1. The molecule has 2 nitrogen and oxygen atoms in total. The zero-order chi connectivity index (χ0) is 16.3. The van der Waals surface area contributed by atoms with Crippen LogP contribution in [-0.4, -0.2) is 4.98 Å². The van der Waals surface area contributed by atoms with Crippen molar-refractivity contribution in [2.24, 2.45) is 0 Å². The lowest BCUT2D eigenvalue weighted by atomic mass is 9.97. The van der Waals surface area contributed by atoms with Crippen LogP contribution in [0.2, 0.25) is 0 Å². The molecule has 2 aromatic rings. The van der Waals surface area contributed by atoms with Gasteiger partial charge in [-0.15, -0.1) is 0 Å². The Balaban J connectivity index is 2.70. The molecule has 0 fully saturated rings. The van der Waals surface area contributed by atoms with Gasteiger partial charge in [-0.3, -0.25) is 4.79 Å². The van der Waals surface area contributed by atoms with E-state index in [0.29, 0.717) is 6.07 Å². The topological polar surface area (TPSA) is 32.9 Å². The van der Waals surface area contributed by atoms with Crippen molar-refractivity contribution in [2.75, 3.05) is 0 Å². The minimum atomic E-state index is -4.55. The van der Waals surface area contributed by atoms with E-state index in [9.17, 15) is 18.0 Å². The molecule has 1 aromatic carbocycles. The monoisotopic (exact) mass is 309 g/mol. The minimum absolute atomic E-state index is 0.0303. The van der Waals surface area contributed by atoms with Crippen LogP contribution < -0.4 is 5.56 Å². The molecule has 0 radical (unpaired) electrons. The molecule has 0 aliphatic carbocycles. The van der Waals surface area contributed by atoms with Crippen molar-refractivity contribution in [1.82, 2.24) is 4.98 Å². The number of nitrogens with one attached hydrogen (secondary N) is 1. The fourth-order valence-electron chi connectivity index (χ4n) is 2.57. The number of alkyl halides is 3. The number of aromatic amines is 1. The lowest BCUT2D eigenvalue weighted by Crippen LogP contribution is -2.14. The number of halogens is 3. The quantitative estimate of drug-likeness (QED) is 0.833. The van der Waals surface area contributed by atoms with E-state index in [4.69, 9.17) is 0 Å². The summed E-state index contributed by atoms with van der Waals surface area (Å²) >= 11 is 0. The van der Waals surface area contributed by atoms with Gasteiger partial charge < -0.3 is 4.98 Å². The molecule has 0 atom stereocenters. The first-order valence-corrected chi connectivity index (χ1v) is 7.30. The SMILES string of the molecule is CCC=C(CCC)c1ccc2[nH]c(=O)cc(C(F)(F)F)c2c1. The Kier molecular flexibility index (Phi) is 4.74. The van der Waals surface area contributed by atoms with E-state index in [0.717, 1.165) is 30.4 Å². The maximum atomic E-state index is 13.2. The van der Waals surface area contributed by atoms with E-state index in [-0.39, 0.29) is 10.9 Å². The molecule has 1 aromatic heterocycles. The Morgan fingerprint density at radius 1 is 1.23 bits per heavy atom. The average molecular weight is 309 g/mol. The standard InChI is InChI=1S/C17H18F3NO/c1-3-5-11(6-4-2)12-7-8-15-13(9-12)14(17(18,19)20)10-16(22)21-15/h5,7-10H,3-4,6H2,1-2H3,(H,21,22). The van der Waals surface area contributed by atoms with Gasteiger partial charge in [0.15, 0.2) is 0 Å². The predicted octanol–water partition coefficient (Wildman–Crippen LogP) is 5.14. The van der Waals surface area contributed by atoms with Crippen LogP contribution in [0, 0.1) is 0 Å². The summed E-state index contributed by atoms with van der Waals surface area (Å²) in [5.41, 5.74) is 0.377. The van der Waals surface area contributed by atoms with E-state index in [1.165, 1.54) is 6.07 Å². The third-order valence-electron chi connectivity index (χ3n) is 3.49. The van der Waals surface area contributed by atoms with Crippen molar-refractivity contribution in [3.8, 4) is 0 Å². The minimum Gasteiger partial charge on any atom is -0.322 e. The van der Waals surface area contributed by atoms with Crippen LogP contribution in [0.25, 0.3) is 16.5 Å². The van der Waals surface area contributed by atoms with Crippen molar-refractivity contribution in [1.29, 1.82) is 0 Å². The van der Waals surface area contributed by atoms with Crippen LogP contribution in [0.4, 0.5) is 13.2 Å². The molecule has 0 saturated heterocycles. The Morgan fingerprint density at radius 3 is 2.55 bits per heavy atom. The van der Waals surface area contributed by atoms with Crippen LogP contribution in [0.1, 0.15) is 44.2 Å². The Bertz CT molecular complexity index is 757. The molecule has 0 unspecified atom stereocenters. The third kappa shape index (κ3) is 3.40. The second-order valence-corrected chi connectivity index (χ2v) is 5.19. The summed E-state index contributed by atoms with van der Waals surface area (Å²) in [7, 11) is 0. The maximum absolute atomic E-state index is 13.2. The molecular formula is C17H18F3NO. The zero-order valence-electron chi connectivity index (χ0n) is 12.6. The second-order valence-electron chi connectivity index (χ2n) is 5.19. The number of pyridine rings is 1. The molecule has 1 N–H and O–H groups in total. The normalized spacial score (nSPS) is 12.9. The summed E-state index contributed by atoms with van der Waals surface area (Å²) in [5, 5.41) is 0.0303. The Labute approximate surface area is 126 Å². The molecule has 0 aliphatic rings. The number of rotatable bonds is 4. The molecule has 2 rings (SSSR count). The molecule has 22 heavy (non-hydrogen) atoms. The van der Waals surface area contributed by atoms with Gasteiger partial charge in [-0.2, -0.15) is 13.2 Å². The molecule has 0 amide bonds. The van der Waals surface area contributed by atoms with Gasteiger partial charge in [0.2, 0.25) is 5.56 Å². The van der Waals surface area contributed by atoms with Gasteiger partial charge >= 0.3 is 6.18 Å². The number of hydrogen-bond acceptors (Lipinski definition) is 1. The number of benzene rings is 1. The number of aromatic nitrogens is 1. The third-order valence-corrected chi connectivity index (χ3v) is 3.49. The van der Waals surface area contributed by atoms with E-state index in [2.05, 4.69) is 4.98 Å². The number of allylic oxidation sites excluding steroid dienone is 2. The zero-order valence-corrected chi connectivity index (χ0v) is 12.6. The predicted molar refractivity (Wildman–Crippen MR) is 82.7 cm³/mol. The van der Waals surface area contributed by atoms with Crippen molar-refractivity contribution in [3.05, 3.63) is 51.8 Å². The van der Waals surface area contributed by atoms with Crippen LogP contribution in [0.5, 0.6) is 0 Å². The maximum Gasteiger partial charge on any atom is 0.417 e. The highest BCUT2D eigenvalue weighted by Crippen LogP contribution is 2.34. The van der Waals surface area contributed by atoms with Gasteiger partial charge in [0.25, 0.3) is 0 Å². The first-order valence-electron chi connectivity index (χ1n) is 7.30. The van der Waals surface area contributed by atoms with Gasteiger partial charge in [0.1, 0.15) is 0 Å². The highest BCUT2D eigenvalue weighted by atomic mass is 19.4. The molecule has 5 heteroatoms. The summed E-state index contributed by atoms with van der Waals surface area (Å²) in [4.78, 5) is 13.9. The van der Waals surface area contributed by atoms with Crippen molar-refractivity contribution in [2.45, 2.75) is 39.3 Å². The fraction of sp³-hybridized carbons (Fsp3) is 0.353. The van der Waals surface area contributed by atoms with Crippen LogP contribution >= 0.6 is 0 Å². The smallest absolute Gasteiger partial charge is 0.322 e. The lowest BCUT2D eigenvalue weighted by Gasteiger charge is -2.12. The summed E-state index contributed by atoms with van der Waals surface area (Å²) < 4.78 is 39.5. The number of hydrogen-bond donors (Lipinski definition) is 1. The molecule has 0 spiro atoms. The number of fused-ring (bicyclic) bond motifs is 1. The summed E-state index contributed by atoms with van der Waals surface area (Å²) in [6.07, 6.45) is 0.0327. The van der Waals surface area contributed by atoms with Gasteiger partial charge in [-0.05, 0) is 36.1 Å². The first-order chi connectivity index (χ1) is 10.4. The van der Waals surface area contributed by atoms with E-state index in [1.807, 2.05) is 19.9 Å². The lowest BCUT2D eigenvalue weighted by molar-refractivity contribution is -0.136. The van der Waals surface area contributed by atoms with Gasteiger partial charge in [-0.1, -0.05) is 32.4 Å². The Morgan fingerprint density at radius 2 is 1.95 bits per heavy atom. The molecule has 0 saturated carbocycles. The fourth-order valence-corrected chi connectivity index (χ4v) is 2.57. The van der Waals surface area contributed by atoms with E-state index < -0.39 is 17.3 Å². The summed E-state index contributed by atoms with van der Waals surface area (Å²) in [6, 6.07) is 5.44. The van der Waals surface area contributed by atoms with Crippen molar-refractivity contribution in [3.63, 3.8) is 0 Å². The van der Waals surface area contributed by atoms with E-state index in [1.54, 1.807) is 12.1 Å². The van der Waals surface area contributed by atoms with Crippen molar-refractivity contribution >= 4 is 16.5 Å². The summed E-state index contributed by atoms with van der Waals surface area (Å²) in [5.74, 6) is 0. The molecule has 118 valence electrons. The summed E-state index contributed by atoms with van der Waals surface area (Å²) in [6.45, 7) is 4.03. The second kappa shape index (κ2) is 6.38. The van der Waals surface area contributed by atoms with Crippen LogP contribution in [0.15, 0.2) is 35.1 Å². The van der Waals surface area contributed by atoms with Crippen LogP contribution in [-0.2, 0) is 6.18 Å². The Hall–Kier alpha value is -2.04. The van der Waals surface area contributed by atoms with Gasteiger partial charge in [-0.25, -0.2) is 0 Å². The highest BCUT2D eigenvalue weighted by molar-refractivity contribution is 5.86. The van der Waals surface area contributed by atoms with E-state index >= 15 is 0 Å². The van der Waals surface area contributed by atoms with Gasteiger partial charge in [0, 0.05) is 17.0 Å². The van der Waals surface area contributed by atoms with Crippen molar-refractivity contribution < 1.29 is 13.2 Å². The van der Waals surface area contributed by atoms with Crippen LogP contribution in [0.3, 0.4) is 0 Å². The molecular weight excluding hydrogens is 291 g/mol. The average Bonchev–Trinajstić information content (AvgIpc) is 2.44. The molecule has 0 aliphatic heterocycles. The highest BCUT2D eigenvalue weighted by Gasteiger charge is 2.33. The largest absolute Gasteiger partial charge is 0.417 e. The van der Waals surface area contributed by atoms with Gasteiger partial charge in [0.05, 0.1) is 5.56 Å². The molecule has 1 heterocycles. The first kappa shape index (κ1) is 16.3. The molecule has 0 bridgehead atoms.